The van der Waals surface area contributed by atoms with E-state index in [0.717, 1.165) is 13.1 Å². The fraction of sp³-hybridized carbons (Fsp3) is 1.00. The van der Waals surface area contributed by atoms with E-state index in [1.165, 1.54) is 5.75 Å². The molecule has 0 aromatic heterocycles. The molecule has 1 rings (SSSR count). The van der Waals surface area contributed by atoms with Gasteiger partial charge in [-0.1, -0.05) is 0 Å². The Morgan fingerprint density at radius 1 is 1.24 bits per heavy atom. The number of hydrogen-bond acceptors (Lipinski definition) is 4. The van der Waals surface area contributed by atoms with Crippen molar-refractivity contribution in [3.63, 3.8) is 0 Å². The zero-order chi connectivity index (χ0) is 13.3. The molecule has 0 aromatic rings. The average Bonchev–Trinajstić information content (AvgIpc) is 2.33. The zero-order valence-corrected chi connectivity index (χ0v) is 12.9. The maximum atomic E-state index is 6.35. The predicted octanol–water partition coefficient (Wildman–Crippen LogP) is 1.81. The Bertz CT molecular complexity index is 256. The summed E-state index contributed by atoms with van der Waals surface area (Å²) in [6, 6.07) is 0.106. The van der Waals surface area contributed by atoms with Crippen LogP contribution in [0.5, 0.6) is 0 Å². The van der Waals surface area contributed by atoms with Gasteiger partial charge < -0.3 is 15.4 Å². The zero-order valence-electron chi connectivity index (χ0n) is 12.1. The summed E-state index contributed by atoms with van der Waals surface area (Å²) in [6.45, 7) is 10.6. The molecule has 0 saturated carbocycles. The van der Waals surface area contributed by atoms with Crippen molar-refractivity contribution in [2.75, 3.05) is 32.1 Å². The molecular formula is C13H28N2OS. The van der Waals surface area contributed by atoms with Gasteiger partial charge in [-0.25, -0.2) is 0 Å². The van der Waals surface area contributed by atoms with Crippen LogP contribution in [0.1, 0.15) is 27.7 Å². The number of nitrogens with zero attached hydrogens (tertiary/aromatic N) is 1. The van der Waals surface area contributed by atoms with Gasteiger partial charge in [-0.3, -0.25) is 0 Å². The Balaban J connectivity index is 2.63. The third-order valence-electron chi connectivity index (χ3n) is 3.84. The largest absolute Gasteiger partial charge is 0.368 e. The summed E-state index contributed by atoms with van der Waals surface area (Å²) in [5.41, 5.74) is 6.01. The van der Waals surface area contributed by atoms with Gasteiger partial charge in [0.1, 0.15) is 0 Å². The summed E-state index contributed by atoms with van der Waals surface area (Å²) in [6.07, 6.45) is 2.14. The molecule has 2 unspecified atom stereocenters. The third kappa shape index (κ3) is 3.60. The normalized spacial score (nSPS) is 31.1. The molecule has 1 fully saturated rings. The summed E-state index contributed by atoms with van der Waals surface area (Å²) in [5, 5.41) is 0. The van der Waals surface area contributed by atoms with E-state index in [1.807, 2.05) is 11.8 Å². The lowest BCUT2D eigenvalue weighted by Crippen LogP contribution is -2.47. The molecule has 2 atom stereocenters. The van der Waals surface area contributed by atoms with E-state index in [-0.39, 0.29) is 17.2 Å². The lowest BCUT2D eigenvalue weighted by molar-refractivity contribution is -0.0779. The molecule has 0 bridgehead atoms. The van der Waals surface area contributed by atoms with E-state index in [0.29, 0.717) is 5.92 Å². The second-order valence-electron chi connectivity index (χ2n) is 6.20. The summed E-state index contributed by atoms with van der Waals surface area (Å²) in [4.78, 5) is 2.37. The fourth-order valence-corrected chi connectivity index (χ4v) is 3.24. The molecule has 0 amide bonds. The first-order valence-electron chi connectivity index (χ1n) is 6.34. The van der Waals surface area contributed by atoms with Crippen molar-refractivity contribution < 1.29 is 4.74 Å². The van der Waals surface area contributed by atoms with Crippen LogP contribution in [0.4, 0.5) is 0 Å². The minimum Gasteiger partial charge on any atom is -0.368 e. The van der Waals surface area contributed by atoms with Crippen LogP contribution in [-0.2, 0) is 4.74 Å². The van der Waals surface area contributed by atoms with Gasteiger partial charge >= 0.3 is 0 Å². The number of nitrogens with two attached hydrogens (primary N) is 1. The first-order valence-corrected chi connectivity index (χ1v) is 7.73. The Morgan fingerprint density at radius 2 is 1.82 bits per heavy atom. The Kier molecular flexibility index (Phi) is 4.92. The van der Waals surface area contributed by atoms with Gasteiger partial charge in [0.25, 0.3) is 0 Å². The molecule has 4 heteroatoms. The van der Waals surface area contributed by atoms with Gasteiger partial charge in [0.05, 0.1) is 11.2 Å². The molecule has 1 aliphatic rings. The minimum atomic E-state index is -0.214. The monoisotopic (exact) mass is 260 g/mol. The highest BCUT2D eigenvalue weighted by atomic mass is 32.2. The van der Waals surface area contributed by atoms with Crippen LogP contribution in [0.2, 0.25) is 0 Å². The van der Waals surface area contributed by atoms with Gasteiger partial charge in [-0.2, -0.15) is 11.8 Å². The second-order valence-corrected chi connectivity index (χ2v) is 7.18. The van der Waals surface area contributed by atoms with E-state index in [9.17, 15) is 0 Å². The van der Waals surface area contributed by atoms with Gasteiger partial charge in [-0.15, -0.1) is 0 Å². The Labute approximate surface area is 110 Å². The topological polar surface area (TPSA) is 38.5 Å². The number of thioether (sulfide) groups is 1. The number of rotatable bonds is 5. The molecule has 3 nitrogen and oxygen atoms in total. The fourth-order valence-electron chi connectivity index (χ4n) is 2.75. The molecule has 0 aromatic carbocycles. The number of hydrogen-bond donors (Lipinski definition) is 1. The molecular weight excluding hydrogens is 232 g/mol. The van der Waals surface area contributed by atoms with Crippen molar-refractivity contribution in [2.45, 2.75) is 44.9 Å². The SMILES string of the molecule is CSCCN(C)CC1C(N)C(C)(C)OC1(C)C. The van der Waals surface area contributed by atoms with Gasteiger partial charge in [0.15, 0.2) is 0 Å². The van der Waals surface area contributed by atoms with Crippen molar-refractivity contribution >= 4 is 11.8 Å². The summed E-state index contributed by atoms with van der Waals surface area (Å²) in [5.74, 6) is 1.56. The van der Waals surface area contributed by atoms with Crippen LogP contribution >= 0.6 is 11.8 Å². The standard InChI is InChI=1S/C13H28N2OS/c1-12(2)10(9-15(5)7-8-17-6)11(14)13(3,4)16-12/h10-11H,7-9,14H2,1-6H3. The maximum Gasteiger partial charge on any atom is 0.0788 e. The van der Waals surface area contributed by atoms with Gasteiger partial charge in [0, 0.05) is 30.8 Å². The van der Waals surface area contributed by atoms with Crippen LogP contribution < -0.4 is 5.73 Å². The molecule has 2 N–H and O–H groups in total. The molecule has 102 valence electrons. The first kappa shape index (κ1) is 15.3. The molecule has 1 heterocycles. The second kappa shape index (κ2) is 5.47. The molecule has 0 spiro atoms. The maximum absolute atomic E-state index is 6.35. The highest BCUT2D eigenvalue weighted by molar-refractivity contribution is 7.98. The molecule has 0 radical (unpaired) electrons. The average molecular weight is 260 g/mol. The molecule has 17 heavy (non-hydrogen) atoms. The van der Waals surface area contributed by atoms with Crippen LogP contribution in [0.15, 0.2) is 0 Å². The van der Waals surface area contributed by atoms with Gasteiger partial charge in [0.2, 0.25) is 0 Å². The first-order chi connectivity index (χ1) is 7.70. The third-order valence-corrected chi connectivity index (χ3v) is 4.43. The lowest BCUT2D eigenvalue weighted by Gasteiger charge is -2.31. The highest BCUT2D eigenvalue weighted by Gasteiger charge is 2.52. The quantitative estimate of drug-likeness (QED) is 0.818. The van der Waals surface area contributed by atoms with E-state index >= 15 is 0 Å². The van der Waals surface area contributed by atoms with Crippen molar-refractivity contribution in [3.05, 3.63) is 0 Å². The molecule has 1 aliphatic heterocycles. The van der Waals surface area contributed by atoms with Gasteiger partial charge in [-0.05, 0) is 41.0 Å². The van der Waals surface area contributed by atoms with E-state index in [2.05, 4.69) is 45.9 Å². The van der Waals surface area contributed by atoms with E-state index in [4.69, 9.17) is 10.5 Å². The Morgan fingerprint density at radius 3 is 2.24 bits per heavy atom. The van der Waals surface area contributed by atoms with Crippen molar-refractivity contribution in [2.24, 2.45) is 11.7 Å². The summed E-state index contributed by atoms with van der Waals surface area (Å²) >= 11 is 1.88. The van der Waals surface area contributed by atoms with Crippen molar-refractivity contribution in [1.29, 1.82) is 0 Å². The van der Waals surface area contributed by atoms with Crippen LogP contribution in [0.25, 0.3) is 0 Å². The molecule has 0 aliphatic carbocycles. The van der Waals surface area contributed by atoms with E-state index < -0.39 is 0 Å². The number of ether oxygens (including phenoxy) is 1. The summed E-state index contributed by atoms with van der Waals surface area (Å²) < 4.78 is 6.11. The minimum absolute atomic E-state index is 0.106. The van der Waals surface area contributed by atoms with E-state index in [1.54, 1.807) is 0 Å². The van der Waals surface area contributed by atoms with Crippen molar-refractivity contribution in [3.8, 4) is 0 Å². The predicted molar refractivity (Wildman–Crippen MR) is 76.6 cm³/mol. The lowest BCUT2D eigenvalue weighted by atomic mass is 9.83. The molecule has 1 saturated heterocycles. The highest BCUT2D eigenvalue weighted by Crippen LogP contribution is 2.41. The summed E-state index contributed by atoms with van der Waals surface area (Å²) in [7, 11) is 2.17. The van der Waals surface area contributed by atoms with Crippen LogP contribution in [0.3, 0.4) is 0 Å². The Hall–Kier alpha value is 0.230. The van der Waals surface area contributed by atoms with Crippen molar-refractivity contribution in [1.82, 2.24) is 4.90 Å². The smallest absolute Gasteiger partial charge is 0.0788 e. The van der Waals surface area contributed by atoms with Crippen LogP contribution in [0, 0.1) is 5.92 Å². The van der Waals surface area contributed by atoms with Crippen LogP contribution in [-0.4, -0.2) is 54.3 Å².